The molecule has 1 N–H and O–H groups in total. The van der Waals surface area contributed by atoms with Crippen molar-refractivity contribution in [3.8, 4) is 0 Å². The maximum absolute atomic E-state index is 7.83. The second-order valence-electron chi connectivity index (χ2n) is 1.50. The van der Waals surface area contributed by atoms with Crippen LogP contribution in [-0.4, -0.2) is 25.4 Å². The molecule has 2 nitrogen and oxygen atoms in total. The fraction of sp³-hybridized carbons (Fsp3) is 1.00. The molecule has 0 bridgehead atoms. The van der Waals surface area contributed by atoms with Crippen molar-refractivity contribution in [3.63, 3.8) is 0 Å². The Morgan fingerprint density at radius 2 is 1.14 bits per heavy atom. The van der Waals surface area contributed by atoms with E-state index in [0.29, 0.717) is 0 Å². The van der Waals surface area contributed by atoms with Crippen LogP contribution in [0.3, 0.4) is 0 Å². The van der Waals surface area contributed by atoms with E-state index in [9.17, 15) is 0 Å². The summed E-state index contributed by atoms with van der Waals surface area (Å²) in [5, 5.41) is 0. The lowest BCUT2D eigenvalue weighted by Gasteiger charge is -1.88. The molecule has 0 aromatic carbocycles. The van der Waals surface area contributed by atoms with E-state index in [1.165, 1.54) is 4.90 Å². The van der Waals surface area contributed by atoms with Crippen molar-refractivity contribution in [2.45, 2.75) is 0 Å². The van der Waals surface area contributed by atoms with Crippen LogP contribution >= 0.6 is 0 Å². The minimum Gasteiger partial charge on any atom is -1.00 e. The molecule has 0 radical (unpaired) electrons. The van der Waals surface area contributed by atoms with E-state index in [1.54, 1.807) is 0 Å². The van der Waals surface area contributed by atoms with E-state index in [1.807, 2.05) is 0 Å². The van der Waals surface area contributed by atoms with Crippen LogP contribution in [0.25, 0.3) is 0 Å². The van der Waals surface area contributed by atoms with Crippen molar-refractivity contribution >= 4 is 12.5 Å². The summed E-state index contributed by atoms with van der Waals surface area (Å²) in [4.78, 5) is 1.42. The molecular weight excluding hydrogens is 225 g/mol. The number of hydrogen-bond acceptors (Lipinski definition) is 2. The highest BCUT2D eigenvalue weighted by atomic mass is 127. The maximum Gasteiger partial charge on any atom is 0.197 e. The quantitative estimate of drug-likeness (QED) is 0.427. The van der Waals surface area contributed by atoms with Gasteiger partial charge in [-0.2, -0.15) is 4.21 Å². The minimum absolute atomic E-state index is 0. The van der Waals surface area contributed by atoms with Gasteiger partial charge in [-0.05, 0) is 0 Å². The number of halogens is 1. The minimum atomic E-state index is 0. The molecule has 0 aromatic rings. The second kappa shape index (κ2) is 15.9. The average Bonchev–Trinajstić information content (AvgIpc) is 1.41. The highest BCUT2D eigenvalue weighted by molar-refractivity contribution is 7.44. The molecule has 7 heavy (non-hydrogen) atoms. The average molecular weight is 235 g/mol. The summed E-state index contributed by atoms with van der Waals surface area (Å²) < 4.78 is 7.83. The van der Waals surface area contributed by atoms with Crippen LogP contribution < -0.4 is 28.9 Å². The normalized spacial score (nSPS) is 5.71. The van der Waals surface area contributed by atoms with Gasteiger partial charge in [0.2, 0.25) is 0 Å². The Balaban J connectivity index is -0.0000000480. The van der Waals surface area contributed by atoms with Crippen molar-refractivity contribution in [2.75, 3.05) is 21.1 Å². The molecule has 0 saturated heterocycles. The molecule has 0 aromatic heterocycles. The summed E-state index contributed by atoms with van der Waals surface area (Å²) in [5.41, 5.74) is 0. The summed E-state index contributed by atoms with van der Waals surface area (Å²) >= 11 is 2.83. The zero-order valence-corrected chi connectivity index (χ0v) is 7.67. The zero-order valence-electron chi connectivity index (χ0n) is 4.69. The molecule has 0 saturated carbocycles. The van der Waals surface area contributed by atoms with Crippen molar-refractivity contribution < 1.29 is 33.1 Å². The van der Waals surface area contributed by atoms with Crippen LogP contribution in [0, 0.1) is 0 Å². The Labute approximate surface area is 66.8 Å². The van der Waals surface area contributed by atoms with E-state index >= 15 is 0 Å². The highest BCUT2D eigenvalue weighted by Gasteiger charge is 1.61. The Bertz CT molecular complexity index is 26.1. The molecule has 0 rings (SSSR count). The number of quaternary nitrogens is 1. The van der Waals surface area contributed by atoms with E-state index in [0.717, 1.165) is 0 Å². The molecular formula is C3H10INOS. The molecule has 0 amide bonds. The van der Waals surface area contributed by atoms with Crippen LogP contribution in [0.5, 0.6) is 0 Å². The van der Waals surface area contributed by atoms with Gasteiger partial charge in [-0.25, -0.2) is 0 Å². The van der Waals surface area contributed by atoms with Crippen molar-refractivity contribution in [1.82, 2.24) is 0 Å². The molecule has 0 fully saturated rings. The number of rotatable bonds is 0. The van der Waals surface area contributed by atoms with Gasteiger partial charge < -0.3 is 28.9 Å². The molecule has 0 unspecified atom stereocenters. The first-order valence-electron chi connectivity index (χ1n) is 1.67. The van der Waals surface area contributed by atoms with Crippen LogP contribution in [0.15, 0.2) is 0 Å². The van der Waals surface area contributed by atoms with E-state index in [4.69, 9.17) is 4.21 Å². The van der Waals surface area contributed by atoms with Gasteiger partial charge in [0.15, 0.2) is 12.5 Å². The van der Waals surface area contributed by atoms with Crippen LogP contribution in [0.4, 0.5) is 0 Å². The van der Waals surface area contributed by atoms with Crippen LogP contribution in [0.1, 0.15) is 0 Å². The molecule has 0 spiro atoms. The van der Waals surface area contributed by atoms with Gasteiger partial charge in [0, 0.05) is 0 Å². The summed E-state index contributed by atoms with van der Waals surface area (Å²) in [5.74, 6) is 0. The van der Waals surface area contributed by atoms with Gasteiger partial charge in [-0.1, -0.05) is 0 Å². The zero-order chi connectivity index (χ0) is 5.58. The van der Waals surface area contributed by atoms with E-state index < -0.39 is 0 Å². The monoisotopic (exact) mass is 235 g/mol. The molecule has 4 heteroatoms. The predicted molar refractivity (Wildman–Crippen MR) is 26.9 cm³/mol. The van der Waals surface area contributed by atoms with Crippen LogP contribution in [-0.2, 0) is 12.5 Å². The largest absolute Gasteiger partial charge is 1.00 e. The molecule has 0 heterocycles. The predicted octanol–water partition coefficient (Wildman–Crippen LogP) is -4.57. The van der Waals surface area contributed by atoms with Crippen molar-refractivity contribution in [2.24, 2.45) is 0 Å². The SMILES string of the molecule is C[NH+](C)C.O=S.[I-]. The third-order valence-electron chi connectivity index (χ3n) is 0. The fourth-order valence-electron chi connectivity index (χ4n) is 0. The van der Waals surface area contributed by atoms with Gasteiger partial charge in [0.25, 0.3) is 0 Å². The summed E-state index contributed by atoms with van der Waals surface area (Å²) in [6.07, 6.45) is 0. The standard InChI is InChI=1S/C3H9N.HI.OS/c1-4(2)3;;1-2/h1-3H3;1H;. The molecule has 0 aliphatic carbocycles. The third kappa shape index (κ3) is 295. The Kier molecular flexibility index (Phi) is 35.5. The van der Waals surface area contributed by atoms with Crippen molar-refractivity contribution in [3.05, 3.63) is 0 Å². The Hall–Kier alpha value is 0.710. The molecule has 0 atom stereocenters. The van der Waals surface area contributed by atoms with E-state index in [-0.39, 0.29) is 24.0 Å². The smallest absolute Gasteiger partial charge is 0.197 e. The summed E-state index contributed by atoms with van der Waals surface area (Å²) in [7, 11) is 6.25. The summed E-state index contributed by atoms with van der Waals surface area (Å²) in [6, 6.07) is 0. The molecule has 46 valence electrons. The first kappa shape index (κ1) is 15.6. The van der Waals surface area contributed by atoms with Gasteiger partial charge in [-0.3, -0.25) is 0 Å². The van der Waals surface area contributed by atoms with Gasteiger partial charge >= 0.3 is 0 Å². The van der Waals surface area contributed by atoms with E-state index in [2.05, 4.69) is 33.7 Å². The lowest BCUT2D eigenvalue weighted by Crippen LogP contribution is -3.02. The molecule has 0 aliphatic rings. The lowest BCUT2D eigenvalue weighted by atomic mass is 11.0. The Morgan fingerprint density at radius 3 is 1.14 bits per heavy atom. The Morgan fingerprint density at radius 1 is 1.14 bits per heavy atom. The van der Waals surface area contributed by atoms with Gasteiger partial charge in [0.05, 0.1) is 21.1 Å². The number of hydrogen-bond donors (Lipinski definition) is 1. The first-order chi connectivity index (χ1) is 2.73. The van der Waals surface area contributed by atoms with Gasteiger partial charge in [-0.15, -0.1) is 0 Å². The van der Waals surface area contributed by atoms with Crippen LogP contribution in [0.2, 0.25) is 0 Å². The number of nitrogens with one attached hydrogen (secondary N) is 1. The van der Waals surface area contributed by atoms with Crippen molar-refractivity contribution in [1.29, 1.82) is 0 Å². The maximum atomic E-state index is 7.83. The summed E-state index contributed by atoms with van der Waals surface area (Å²) in [6.45, 7) is 0. The topological polar surface area (TPSA) is 21.5 Å². The lowest BCUT2D eigenvalue weighted by molar-refractivity contribution is -0.836. The fourth-order valence-corrected chi connectivity index (χ4v) is 0. The third-order valence-corrected chi connectivity index (χ3v) is 0. The molecule has 0 aliphatic heterocycles. The second-order valence-corrected chi connectivity index (χ2v) is 1.50. The van der Waals surface area contributed by atoms with Gasteiger partial charge in [0.1, 0.15) is 0 Å². The highest BCUT2D eigenvalue weighted by Crippen LogP contribution is 0.864. The first-order valence-corrected chi connectivity index (χ1v) is 2.00.